The Bertz CT molecular complexity index is 876. The number of rotatable bonds is 5. The predicted octanol–water partition coefficient (Wildman–Crippen LogP) is 3.79. The van der Waals surface area contributed by atoms with E-state index in [9.17, 15) is 22.8 Å². The molecular formula is C24H34F3N3O4. The zero-order valence-corrected chi connectivity index (χ0v) is 20.2. The monoisotopic (exact) mass is 485 g/mol. The van der Waals surface area contributed by atoms with Gasteiger partial charge in [-0.3, -0.25) is 14.5 Å². The summed E-state index contributed by atoms with van der Waals surface area (Å²) in [7, 11) is 3.28. The second kappa shape index (κ2) is 10.9. The zero-order valence-electron chi connectivity index (χ0n) is 20.2. The maximum atomic E-state index is 13.3. The molecule has 1 N–H and O–H groups in total. The quantitative estimate of drug-likeness (QED) is 0.687. The van der Waals surface area contributed by atoms with Gasteiger partial charge in [-0.1, -0.05) is 6.92 Å². The Balaban J connectivity index is 1.87. The summed E-state index contributed by atoms with van der Waals surface area (Å²) in [4.78, 5) is 29.0. The van der Waals surface area contributed by atoms with Crippen molar-refractivity contribution in [3.63, 3.8) is 0 Å². The van der Waals surface area contributed by atoms with Gasteiger partial charge in [-0.2, -0.15) is 13.2 Å². The Hall–Kier alpha value is -2.33. The molecule has 1 heterocycles. The largest absolute Gasteiger partial charge is 0.491 e. The van der Waals surface area contributed by atoms with E-state index in [0.717, 1.165) is 13.1 Å². The van der Waals surface area contributed by atoms with Crippen LogP contribution in [-0.2, 0) is 9.53 Å². The molecule has 34 heavy (non-hydrogen) atoms. The van der Waals surface area contributed by atoms with Gasteiger partial charge in [0.1, 0.15) is 18.8 Å². The van der Waals surface area contributed by atoms with Gasteiger partial charge in [0.15, 0.2) is 0 Å². The Morgan fingerprint density at radius 3 is 2.56 bits per heavy atom. The van der Waals surface area contributed by atoms with E-state index in [1.54, 1.807) is 14.2 Å². The van der Waals surface area contributed by atoms with Crippen LogP contribution in [0.4, 0.5) is 18.9 Å². The number of carbonyl (C=O) groups excluding carboxylic acids is 2. The number of anilines is 1. The molecule has 0 unspecified atom stereocenters. The predicted molar refractivity (Wildman–Crippen MR) is 122 cm³/mol. The molecule has 2 amide bonds. The van der Waals surface area contributed by atoms with Gasteiger partial charge in [-0.05, 0) is 49.8 Å². The van der Waals surface area contributed by atoms with Crippen LogP contribution in [0.5, 0.6) is 5.75 Å². The number of amides is 2. The molecule has 1 aliphatic heterocycles. The highest BCUT2D eigenvalue weighted by molar-refractivity contribution is 5.99. The lowest BCUT2D eigenvalue weighted by Crippen LogP contribution is -2.47. The summed E-state index contributed by atoms with van der Waals surface area (Å²) in [5, 5.41) is 2.22. The molecule has 7 nitrogen and oxygen atoms in total. The van der Waals surface area contributed by atoms with Gasteiger partial charge in [0.25, 0.3) is 5.91 Å². The molecule has 2 aliphatic rings. The number of methoxy groups -OCH3 is 1. The number of ether oxygens (including phenoxy) is 2. The van der Waals surface area contributed by atoms with Crippen molar-refractivity contribution in [1.29, 1.82) is 0 Å². The highest BCUT2D eigenvalue weighted by Crippen LogP contribution is 2.32. The lowest BCUT2D eigenvalue weighted by Gasteiger charge is -2.36. The maximum absolute atomic E-state index is 13.3. The minimum Gasteiger partial charge on any atom is -0.491 e. The standard InChI is InChI=1S/C24H34F3N3O4/c1-15-11-30(12-17-5-6-17)16(2)14-34-20-8-7-18(28-22(31)10-24(25,26)27)9-19(20)23(32)29(3)13-21(15)33-4/h7-9,15-17,21H,5-6,10-14H2,1-4H3,(H,28,31)/t15-,16-,21-/m0/s1. The molecule has 10 heteroatoms. The third-order valence-electron chi connectivity index (χ3n) is 6.41. The van der Waals surface area contributed by atoms with E-state index >= 15 is 0 Å². The number of nitrogens with one attached hydrogen (secondary N) is 1. The first-order valence-corrected chi connectivity index (χ1v) is 11.6. The molecule has 1 fully saturated rings. The lowest BCUT2D eigenvalue weighted by atomic mass is 10.0. The van der Waals surface area contributed by atoms with Crippen molar-refractivity contribution < 1.29 is 32.2 Å². The van der Waals surface area contributed by atoms with E-state index in [-0.39, 0.29) is 35.2 Å². The highest BCUT2D eigenvalue weighted by Gasteiger charge is 2.33. The van der Waals surface area contributed by atoms with Crippen molar-refractivity contribution in [3.05, 3.63) is 23.8 Å². The third-order valence-corrected chi connectivity index (χ3v) is 6.41. The number of hydrogen-bond acceptors (Lipinski definition) is 5. The zero-order chi connectivity index (χ0) is 25.0. The second-order valence-corrected chi connectivity index (χ2v) is 9.55. The first-order valence-electron chi connectivity index (χ1n) is 11.6. The van der Waals surface area contributed by atoms with Crippen LogP contribution in [0.2, 0.25) is 0 Å². The Morgan fingerprint density at radius 2 is 1.94 bits per heavy atom. The molecule has 1 aromatic carbocycles. The molecule has 1 saturated carbocycles. The van der Waals surface area contributed by atoms with E-state index < -0.39 is 18.5 Å². The number of alkyl halides is 3. The first-order chi connectivity index (χ1) is 16.0. The number of likely N-dealkylation sites (N-methyl/N-ethyl adjacent to an activating group) is 1. The number of halogens is 3. The number of fused-ring (bicyclic) bond motifs is 1. The average Bonchev–Trinajstić information content (AvgIpc) is 3.57. The normalized spacial score (nSPS) is 25.1. The van der Waals surface area contributed by atoms with Crippen LogP contribution < -0.4 is 10.1 Å². The second-order valence-electron chi connectivity index (χ2n) is 9.55. The van der Waals surface area contributed by atoms with Crippen molar-refractivity contribution in [2.45, 2.75) is 51.4 Å². The number of hydrogen-bond donors (Lipinski definition) is 1. The van der Waals surface area contributed by atoms with Gasteiger partial charge in [-0.15, -0.1) is 0 Å². The fourth-order valence-electron chi connectivity index (χ4n) is 4.20. The van der Waals surface area contributed by atoms with Gasteiger partial charge >= 0.3 is 6.18 Å². The molecular weight excluding hydrogens is 451 g/mol. The van der Waals surface area contributed by atoms with Crippen LogP contribution in [0.1, 0.15) is 43.5 Å². The SMILES string of the molecule is CO[C@H]1CN(C)C(=O)c2cc(NC(=O)CC(F)(F)F)ccc2OC[C@H](C)N(CC2CC2)C[C@@H]1C. The summed E-state index contributed by atoms with van der Waals surface area (Å²) < 4.78 is 49.4. The lowest BCUT2D eigenvalue weighted by molar-refractivity contribution is -0.150. The van der Waals surface area contributed by atoms with Crippen molar-refractivity contribution >= 4 is 17.5 Å². The fourth-order valence-corrected chi connectivity index (χ4v) is 4.20. The number of benzene rings is 1. The summed E-state index contributed by atoms with van der Waals surface area (Å²) in [6, 6.07) is 4.42. The summed E-state index contributed by atoms with van der Waals surface area (Å²) in [5.74, 6) is -0.373. The van der Waals surface area contributed by atoms with Gasteiger partial charge in [-0.25, -0.2) is 0 Å². The van der Waals surface area contributed by atoms with E-state index in [2.05, 4.69) is 24.1 Å². The van der Waals surface area contributed by atoms with Crippen LogP contribution in [0.25, 0.3) is 0 Å². The molecule has 3 atom stereocenters. The minimum atomic E-state index is -4.62. The molecule has 1 aliphatic carbocycles. The first kappa shape index (κ1) is 26.3. The molecule has 0 aromatic heterocycles. The topological polar surface area (TPSA) is 71.1 Å². The van der Waals surface area contributed by atoms with E-state index in [0.29, 0.717) is 24.8 Å². The van der Waals surface area contributed by atoms with E-state index in [1.165, 1.54) is 35.9 Å². The van der Waals surface area contributed by atoms with Gasteiger partial charge < -0.3 is 19.7 Å². The number of carbonyl (C=O) groups is 2. The molecule has 0 saturated heterocycles. The fraction of sp³-hybridized carbons (Fsp3) is 0.667. The van der Waals surface area contributed by atoms with Gasteiger partial charge in [0, 0.05) is 45.5 Å². The minimum absolute atomic E-state index is 0.0897. The van der Waals surface area contributed by atoms with Crippen LogP contribution in [0.15, 0.2) is 18.2 Å². The molecule has 190 valence electrons. The summed E-state index contributed by atoms with van der Waals surface area (Å²) >= 11 is 0. The maximum Gasteiger partial charge on any atom is 0.397 e. The van der Waals surface area contributed by atoms with Crippen LogP contribution >= 0.6 is 0 Å². The van der Waals surface area contributed by atoms with Crippen LogP contribution in [0.3, 0.4) is 0 Å². The molecule has 3 rings (SSSR count). The van der Waals surface area contributed by atoms with Crippen molar-refractivity contribution in [3.8, 4) is 5.75 Å². The van der Waals surface area contributed by atoms with Gasteiger partial charge in [0.2, 0.25) is 5.91 Å². The molecule has 0 spiro atoms. The third kappa shape index (κ3) is 7.33. The smallest absolute Gasteiger partial charge is 0.397 e. The molecule has 0 radical (unpaired) electrons. The molecule has 0 bridgehead atoms. The van der Waals surface area contributed by atoms with E-state index in [4.69, 9.17) is 9.47 Å². The molecule has 1 aromatic rings. The average molecular weight is 486 g/mol. The van der Waals surface area contributed by atoms with Crippen molar-refractivity contribution in [2.75, 3.05) is 45.7 Å². The summed E-state index contributed by atoms with van der Waals surface area (Å²) in [5.41, 5.74) is 0.279. The Labute approximate surface area is 198 Å². The highest BCUT2D eigenvalue weighted by atomic mass is 19.4. The van der Waals surface area contributed by atoms with Crippen molar-refractivity contribution in [2.24, 2.45) is 11.8 Å². The van der Waals surface area contributed by atoms with E-state index in [1.807, 2.05) is 0 Å². The summed E-state index contributed by atoms with van der Waals surface area (Å²) in [6.07, 6.45) is -3.95. The summed E-state index contributed by atoms with van der Waals surface area (Å²) in [6.45, 7) is 6.68. The van der Waals surface area contributed by atoms with Crippen LogP contribution in [-0.4, -0.2) is 80.3 Å². The Kier molecular flexibility index (Phi) is 8.46. The van der Waals surface area contributed by atoms with Crippen LogP contribution in [0, 0.1) is 11.8 Å². The van der Waals surface area contributed by atoms with Crippen molar-refractivity contribution in [1.82, 2.24) is 9.80 Å². The Morgan fingerprint density at radius 1 is 1.24 bits per heavy atom. The van der Waals surface area contributed by atoms with Gasteiger partial charge in [0.05, 0.1) is 11.7 Å². The number of nitrogens with zero attached hydrogens (tertiary/aromatic N) is 2.